The molecule has 19 heavy (non-hydrogen) atoms. The predicted octanol–water partition coefficient (Wildman–Crippen LogP) is 5.02. The fourth-order valence-corrected chi connectivity index (χ4v) is 3.05. The minimum absolute atomic E-state index is 0.0944. The second-order valence-electron chi connectivity index (χ2n) is 4.82. The lowest BCUT2D eigenvalue weighted by Gasteiger charge is -2.30. The molecule has 0 radical (unpaired) electrons. The third-order valence-corrected chi connectivity index (χ3v) is 5.11. The van der Waals surface area contributed by atoms with E-state index in [4.69, 9.17) is 4.42 Å². The highest BCUT2D eigenvalue weighted by atomic mass is 79.9. The van der Waals surface area contributed by atoms with E-state index >= 15 is 0 Å². The van der Waals surface area contributed by atoms with Crippen LogP contribution in [0, 0.1) is 5.92 Å². The Balaban J connectivity index is 1.86. The number of rotatable bonds is 3. The number of hydrogen-bond acceptors (Lipinski definition) is 2. The molecule has 1 aliphatic carbocycles. The average molecular weight is 405 g/mol. The van der Waals surface area contributed by atoms with Crippen molar-refractivity contribution < 1.29 is 17.6 Å². The number of furan rings is 1. The highest BCUT2D eigenvalue weighted by Crippen LogP contribution is 2.37. The highest BCUT2D eigenvalue weighted by Gasteiger charge is 2.41. The summed E-state index contributed by atoms with van der Waals surface area (Å²) in [7, 11) is 0. The lowest BCUT2D eigenvalue weighted by Crippen LogP contribution is -2.38. The first-order valence-electron chi connectivity index (χ1n) is 6.10. The molecule has 1 aromatic rings. The molecule has 1 aromatic heterocycles. The summed E-state index contributed by atoms with van der Waals surface area (Å²) in [6.45, 7) is 0.444. The normalized spacial score (nSPS) is 24.7. The minimum Gasteiger partial charge on any atom is -0.452 e. The van der Waals surface area contributed by atoms with Gasteiger partial charge in [0.1, 0.15) is 5.76 Å². The summed E-state index contributed by atoms with van der Waals surface area (Å²) >= 11 is 6.53. The van der Waals surface area contributed by atoms with Gasteiger partial charge in [-0.05, 0) is 57.2 Å². The Bertz CT molecular complexity index is 414. The van der Waals surface area contributed by atoms with Crippen LogP contribution in [0.25, 0.3) is 0 Å². The molecule has 2 nitrogen and oxygen atoms in total. The quantitative estimate of drug-likeness (QED) is 0.765. The number of alkyl halides is 3. The molecular formula is C12H14Br2F3NO. The van der Waals surface area contributed by atoms with Crippen LogP contribution in [0.4, 0.5) is 13.2 Å². The van der Waals surface area contributed by atoms with Gasteiger partial charge in [-0.1, -0.05) is 6.42 Å². The van der Waals surface area contributed by atoms with E-state index in [9.17, 15) is 13.2 Å². The van der Waals surface area contributed by atoms with Gasteiger partial charge in [-0.25, -0.2) is 0 Å². The lowest BCUT2D eigenvalue weighted by molar-refractivity contribution is -0.183. The van der Waals surface area contributed by atoms with Crippen LogP contribution in [0.2, 0.25) is 0 Å². The molecule has 1 heterocycles. The number of nitrogens with one attached hydrogen (secondary N) is 1. The fourth-order valence-electron chi connectivity index (χ4n) is 2.40. The zero-order valence-electron chi connectivity index (χ0n) is 10.1. The topological polar surface area (TPSA) is 25.2 Å². The summed E-state index contributed by atoms with van der Waals surface area (Å²) in [5, 5.41) is 3.15. The van der Waals surface area contributed by atoms with E-state index in [1.54, 1.807) is 6.07 Å². The Kier molecular flexibility index (Phi) is 5.00. The third kappa shape index (κ3) is 4.23. The van der Waals surface area contributed by atoms with E-state index < -0.39 is 12.1 Å². The van der Waals surface area contributed by atoms with Gasteiger partial charge >= 0.3 is 6.18 Å². The molecule has 0 spiro atoms. The van der Waals surface area contributed by atoms with Crippen LogP contribution in [-0.2, 0) is 6.54 Å². The Labute approximate surface area is 126 Å². The van der Waals surface area contributed by atoms with Crippen LogP contribution < -0.4 is 5.32 Å². The summed E-state index contributed by atoms with van der Waals surface area (Å²) in [4.78, 5) is 0. The Morgan fingerprint density at radius 3 is 2.63 bits per heavy atom. The Morgan fingerprint density at radius 2 is 2.05 bits per heavy atom. The highest BCUT2D eigenvalue weighted by molar-refractivity contribution is 9.13. The van der Waals surface area contributed by atoms with E-state index in [1.807, 2.05) is 0 Å². The molecule has 2 atom stereocenters. The molecule has 1 N–H and O–H groups in total. The molecule has 2 unspecified atom stereocenters. The van der Waals surface area contributed by atoms with Gasteiger partial charge in [0.2, 0.25) is 0 Å². The maximum Gasteiger partial charge on any atom is 0.391 e. The molecule has 108 valence electrons. The first-order valence-corrected chi connectivity index (χ1v) is 7.68. The molecule has 0 saturated heterocycles. The molecule has 0 aliphatic heterocycles. The maximum absolute atomic E-state index is 12.7. The summed E-state index contributed by atoms with van der Waals surface area (Å²) in [5.74, 6) is -0.471. The van der Waals surface area contributed by atoms with Gasteiger partial charge < -0.3 is 9.73 Å². The predicted molar refractivity (Wildman–Crippen MR) is 72.7 cm³/mol. The average Bonchev–Trinajstić information content (AvgIpc) is 2.66. The SMILES string of the molecule is FC(F)(F)C1CCCC(NCc2cc(Br)c(Br)o2)C1. The summed E-state index contributed by atoms with van der Waals surface area (Å²) < 4.78 is 44.8. The van der Waals surface area contributed by atoms with Gasteiger partial charge in [-0.3, -0.25) is 0 Å². The molecule has 1 saturated carbocycles. The summed E-state index contributed by atoms with van der Waals surface area (Å²) in [6, 6.07) is 1.71. The van der Waals surface area contributed by atoms with Gasteiger partial charge in [0.15, 0.2) is 4.67 Å². The van der Waals surface area contributed by atoms with E-state index in [1.165, 1.54) is 0 Å². The van der Waals surface area contributed by atoms with Gasteiger partial charge in [-0.2, -0.15) is 13.2 Å². The van der Waals surface area contributed by atoms with Crippen molar-refractivity contribution in [1.29, 1.82) is 0 Å². The zero-order valence-corrected chi connectivity index (χ0v) is 13.2. The van der Waals surface area contributed by atoms with Crippen LogP contribution in [0.15, 0.2) is 19.6 Å². The van der Waals surface area contributed by atoms with Crippen molar-refractivity contribution in [2.45, 2.75) is 44.4 Å². The molecule has 2 rings (SSSR count). The first-order chi connectivity index (χ1) is 8.86. The van der Waals surface area contributed by atoms with Crippen molar-refractivity contribution in [2.75, 3.05) is 0 Å². The van der Waals surface area contributed by atoms with E-state index in [2.05, 4.69) is 37.2 Å². The monoisotopic (exact) mass is 403 g/mol. The van der Waals surface area contributed by atoms with Crippen LogP contribution in [0.1, 0.15) is 31.4 Å². The maximum atomic E-state index is 12.7. The summed E-state index contributed by atoms with van der Waals surface area (Å²) in [6.07, 6.45) is -2.26. The smallest absolute Gasteiger partial charge is 0.391 e. The third-order valence-electron chi connectivity index (χ3n) is 3.40. The van der Waals surface area contributed by atoms with Crippen molar-refractivity contribution in [1.82, 2.24) is 5.32 Å². The standard InChI is InChI=1S/C12H14Br2F3NO/c13-10-5-9(19-11(10)14)6-18-8-3-1-2-7(4-8)12(15,16)17/h5,7-8,18H,1-4,6H2. The summed E-state index contributed by atoms with van der Waals surface area (Å²) in [5.41, 5.74) is 0. The molecule has 0 amide bonds. The molecule has 0 bridgehead atoms. The van der Waals surface area contributed by atoms with Crippen LogP contribution in [-0.4, -0.2) is 12.2 Å². The van der Waals surface area contributed by atoms with Gasteiger partial charge in [0.25, 0.3) is 0 Å². The van der Waals surface area contributed by atoms with E-state index in [0.717, 1.165) is 10.9 Å². The molecular weight excluding hydrogens is 391 g/mol. The van der Waals surface area contributed by atoms with Gasteiger partial charge in [-0.15, -0.1) is 0 Å². The van der Waals surface area contributed by atoms with Crippen LogP contribution in [0.5, 0.6) is 0 Å². The Morgan fingerprint density at radius 1 is 1.32 bits per heavy atom. The van der Waals surface area contributed by atoms with Gasteiger partial charge in [0, 0.05) is 6.04 Å². The van der Waals surface area contributed by atoms with Crippen molar-refractivity contribution in [3.63, 3.8) is 0 Å². The van der Waals surface area contributed by atoms with Crippen molar-refractivity contribution in [3.8, 4) is 0 Å². The van der Waals surface area contributed by atoms with E-state index in [-0.39, 0.29) is 18.9 Å². The molecule has 7 heteroatoms. The lowest BCUT2D eigenvalue weighted by atomic mass is 9.85. The van der Waals surface area contributed by atoms with E-state index in [0.29, 0.717) is 23.4 Å². The number of halogens is 5. The van der Waals surface area contributed by atoms with Crippen LogP contribution >= 0.6 is 31.9 Å². The molecule has 0 aromatic carbocycles. The van der Waals surface area contributed by atoms with Gasteiger partial charge in [0.05, 0.1) is 16.9 Å². The minimum atomic E-state index is -4.07. The fraction of sp³-hybridized carbons (Fsp3) is 0.667. The van der Waals surface area contributed by atoms with Crippen molar-refractivity contribution >= 4 is 31.9 Å². The second-order valence-corrected chi connectivity index (χ2v) is 6.39. The zero-order chi connectivity index (χ0) is 14.0. The largest absolute Gasteiger partial charge is 0.452 e. The second kappa shape index (κ2) is 6.18. The molecule has 1 aliphatic rings. The van der Waals surface area contributed by atoms with Crippen molar-refractivity contribution in [3.05, 3.63) is 21.0 Å². The first kappa shape index (κ1) is 15.4. The number of hydrogen-bond donors (Lipinski definition) is 1. The van der Waals surface area contributed by atoms with Crippen molar-refractivity contribution in [2.24, 2.45) is 5.92 Å². The Hall–Kier alpha value is -0.0100. The molecule has 1 fully saturated rings. The van der Waals surface area contributed by atoms with Crippen LogP contribution in [0.3, 0.4) is 0 Å².